The Kier molecular flexibility index (Phi) is 4.71. The first kappa shape index (κ1) is 13.9. The van der Waals surface area contributed by atoms with Crippen LogP contribution in [0.2, 0.25) is 0 Å². The van der Waals surface area contributed by atoms with Crippen molar-refractivity contribution in [2.75, 3.05) is 26.4 Å². The molecule has 1 aromatic rings. The van der Waals surface area contributed by atoms with Gasteiger partial charge in [0, 0.05) is 13.1 Å². The lowest BCUT2D eigenvalue weighted by molar-refractivity contribution is -0.0846. The fourth-order valence-electron chi connectivity index (χ4n) is 1.53. The first-order valence-electron chi connectivity index (χ1n) is 5.58. The molecule has 3 N–H and O–H groups in total. The van der Waals surface area contributed by atoms with Gasteiger partial charge in [0.1, 0.15) is 4.21 Å². The Morgan fingerprint density at radius 3 is 2.94 bits per heavy atom. The third-order valence-corrected chi connectivity index (χ3v) is 5.43. The van der Waals surface area contributed by atoms with E-state index in [0.29, 0.717) is 26.4 Å². The fourth-order valence-corrected chi connectivity index (χ4v) is 3.86. The maximum Gasteiger partial charge on any atom is 0.250 e. The summed E-state index contributed by atoms with van der Waals surface area (Å²) in [5.41, 5.74) is 6.27. The molecule has 102 valence electrons. The zero-order chi connectivity index (χ0) is 13.0. The van der Waals surface area contributed by atoms with Gasteiger partial charge in [-0.05, 0) is 17.0 Å². The van der Waals surface area contributed by atoms with Crippen LogP contribution in [0, 0.1) is 0 Å². The van der Waals surface area contributed by atoms with Crippen LogP contribution in [0.15, 0.2) is 15.7 Å². The molecule has 1 unspecified atom stereocenters. The van der Waals surface area contributed by atoms with Gasteiger partial charge >= 0.3 is 0 Å². The van der Waals surface area contributed by atoms with E-state index in [1.165, 1.54) is 11.3 Å². The van der Waals surface area contributed by atoms with Crippen LogP contribution in [0.3, 0.4) is 0 Å². The van der Waals surface area contributed by atoms with E-state index in [9.17, 15) is 8.42 Å². The number of nitrogens with two attached hydrogens (primary N) is 1. The predicted molar refractivity (Wildman–Crippen MR) is 68.0 cm³/mol. The summed E-state index contributed by atoms with van der Waals surface area (Å²) in [6.07, 6.45) is -0.220. The van der Waals surface area contributed by atoms with Gasteiger partial charge in [-0.25, -0.2) is 13.1 Å². The maximum atomic E-state index is 12.0. The van der Waals surface area contributed by atoms with Gasteiger partial charge in [-0.15, -0.1) is 11.3 Å². The number of rotatable bonds is 5. The van der Waals surface area contributed by atoms with Gasteiger partial charge in [0.05, 0.1) is 25.9 Å². The molecule has 0 radical (unpaired) electrons. The van der Waals surface area contributed by atoms with Crippen LogP contribution in [0.25, 0.3) is 0 Å². The minimum Gasteiger partial charge on any atom is -0.376 e. The lowest BCUT2D eigenvalue weighted by Crippen LogP contribution is -2.39. The van der Waals surface area contributed by atoms with E-state index in [2.05, 4.69) is 4.72 Å². The molecule has 1 aromatic heterocycles. The molecule has 2 rings (SSSR count). The van der Waals surface area contributed by atoms with Crippen LogP contribution in [0.5, 0.6) is 0 Å². The molecular weight excluding hydrogens is 276 g/mol. The molecule has 6 nitrogen and oxygen atoms in total. The van der Waals surface area contributed by atoms with Gasteiger partial charge in [0.2, 0.25) is 10.0 Å². The molecule has 1 saturated heterocycles. The summed E-state index contributed by atoms with van der Waals surface area (Å²) in [6.45, 7) is 2.04. The highest BCUT2D eigenvalue weighted by atomic mass is 32.2. The first-order valence-corrected chi connectivity index (χ1v) is 7.94. The molecule has 18 heavy (non-hydrogen) atoms. The number of hydrogen-bond donors (Lipinski definition) is 2. The van der Waals surface area contributed by atoms with Gasteiger partial charge in [0.15, 0.2) is 0 Å². The zero-order valence-electron chi connectivity index (χ0n) is 9.79. The van der Waals surface area contributed by atoms with Crippen molar-refractivity contribution in [2.24, 2.45) is 5.73 Å². The summed E-state index contributed by atoms with van der Waals surface area (Å²) in [7, 11) is -3.47. The van der Waals surface area contributed by atoms with Gasteiger partial charge in [-0.3, -0.25) is 0 Å². The molecule has 8 heteroatoms. The Balaban J connectivity index is 1.94. The number of sulfonamides is 1. The molecule has 0 amide bonds. The normalized spacial score (nSPS) is 21.1. The monoisotopic (exact) mass is 292 g/mol. The third-order valence-electron chi connectivity index (χ3n) is 2.52. The molecule has 1 aliphatic heterocycles. The van der Waals surface area contributed by atoms with Crippen LogP contribution in [-0.4, -0.2) is 40.9 Å². The molecule has 2 heterocycles. The lowest BCUT2D eigenvalue weighted by atomic mass is 10.3. The second-order valence-corrected chi connectivity index (χ2v) is 6.80. The maximum absolute atomic E-state index is 12.0. The summed E-state index contributed by atoms with van der Waals surface area (Å²) in [4.78, 5) is 0. The average Bonchev–Trinajstić information content (AvgIpc) is 2.87. The van der Waals surface area contributed by atoms with Crippen LogP contribution < -0.4 is 10.5 Å². The Hall–Kier alpha value is -0.510. The minimum absolute atomic E-state index is 0.220. The number of thiophene rings is 1. The fraction of sp³-hybridized carbons (Fsp3) is 0.600. The smallest absolute Gasteiger partial charge is 0.250 e. The van der Waals surface area contributed by atoms with Crippen molar-refractivity contribution in [2.45, 2.75) is 16.9 Å². The molecule has 1 atom stereocenters. The number of ether oxygens (including phenoxy) is 2. The van der Waals surface area contributed by atoms with E-state index in [-0.39, 0.29) is 16.9 Å². The SMILES string of the molecule is NCc1csc(S(=O)(=O)NCC2COCCO2)c1. The summed E-state index contributed by atoms with van der Waals surface area (Å²) in [5, 5.41) is 1.74. The topological polar surface area (TPSA) is 90.7 Å². The summed E-state index contributed by atoms with van der Waals surface area (Å²) < 4.78 is 37.3. The molecule has 1 aliphatic rings. The second-order valence-electron chi connectivity index (χ2n) is 3.90. The average molecular weight is 292 g/mol. The van der Waals surface area contributed by atoms with Gasteiger partial charge in [-0.1, -0.05) is 0 Å². The van der Waals surface area contributed by atoms with Crippen LogP contribution in [0.1, 0.15) is 5.56 Å². The Morgan fingerprint density at radius 1 is 1.50 bits per heavy atom. The van der Waals surface area contributed by atoms with E-state index in [1.54, 1.807) is 11.4 Å². The second kappa shape index (κ2) is 6.09. The summed E-state index contributed by atoms with van der Waals surface area (Å²) in [6, 6.07) is 1.59. The van der Waals surface area contributed by atoms with E-state index in [0.717, 1.165) is 5.56 Å². The van der Waals surface area contributed by atoms with Crippen LogP contribution >= 0.6 is 11.3 Å². The molecule has 0 aromatic carbocycles. The zero-order valence-corrected chi connectivity index (χ0v) is 11.4. The third kappa shape index (κ3) is 3.50. The van der Waals surface area contributed by atoms with E-state index in [1.807, 2.05) is 0 Å². The summed E-state index contributed by atoms with van der Waals surface area (Å²) in [5.74, 6) is 0. The summed E-state index contributed by atoms with van der Waals surface area (Å²) >= 11 is 1.17. The Bertz CT molecular complexity index is 480. The van der Waals surface area contributed by atoms with Crippen LogP contribution in [-0.2, 0) is 26.0 Å². The van der Waals surface area contributed by atoms with Gasteiger partial charge in [0.25, 0.3) is 0 Å². The highest BCUT2D eigenvalue weighted by Gasteiger charge is 2.20. The first-order chi connectivity index (χ1) is 8.62. The van der Waals surface area contributed by atoms with Crippen molar-refractivity contribution >= 4 is 21.4 Å². The van der Waals surface area contributed by atoms with Gasteiger partial charge < -0.3 is 15.2 Å². The lowest BCUT2D eigenvalue weighted by Gasteiger charge is -2.22. The molecule has 0 aliphatic carbocycles. The highest BCUT2D eigenvalue weighted by molar-refractivity contribution is 7.91. The molecule has 1 fully saturated rings. The Labute approximate surface area is 110 Å². The van der Waals surface area contributed by atoms with Crippen LogP contribution in [0.4, 0.5) is 0 Å². The van der Waals surface area contributed by atoms with Crippen molar-refractivity contribution in [3.63, 3.8) is 0 Å². The highest BCUT2D eigenvalue weighted by Crippen LogP contribution is 2.19. The quantitative estimate of drug-likeness (QED) is 0.791. The Morgan fingerprint density at radius 2 is 2.33 bits per heavy atom. The van der Waals surface area contributed by atoms with Crippen molar-refractivity contribution in [3.05, 3.63) is 17.0 Å². The van der Waals surface area contributed by atoms with Crippen molar-refractivity contribution in [1.29, 1.82) is 0 Å². The van der Waals surface area contributed by atoms with Crippen molar-refractivity contribution in [3.8, 4) is 0 Å². The van der Waals surface area contributed by atoms with E-state index < -0.39 is 10.0 Å². The van der Waals surface area contributed by atoms with Crippen molar-refractivity contribution in [1.82, 2.24) is 4.72 Å². The largest absolute Gasteiger partial charge is 0.376 e. The molecule has 0 spiro atoms. The predicted octanol–water partition coefficient (Wildman–Crippen LogP) is -0.0995. The minimum atomic E-state index is -3.47. The van der Waals surface area contributed by atoms with Crippen molar-refractivity contribution < 1.29 is 17.9 Å². The van der Waals surface area contributed by atoms with E-state index >= 15 is 0 Å². The van der Waals surface area contributed by atoms with Gasteiger partial charge in [-0.2, -0.15) is 0 Å². The number of hydrogen-bond acceptors (Lipinski definition) is 6. The number of nitrogens with one attached hydrogen (secondary N) is 1. The molecule has 0 bridgehead atoms. The standard InChI is InChI=1S/C10H16N2O4S2/c11-4-8-3-10(17-7-8)18(13,14)12-5-9-6-15-1-2-16-9/h3,7,9,12H,1-2,4-6,11H2. The van der Waals surface area contributed by atoms with E-state index in [4.69, 9.17) is 15.2 Å². The molecule has 0 saturated carbocycles. The molecular formula is C10H16N2O4S2.